The summed E-state index contributed by atoms with van der Waals surface area (Å²) in [5.74, 6) is 1.21. The van der Waals surface area contributed by atoms with Gasteiger partial charge in [-0.05, 0) is 84.0 Å². The summed E-state index contributed by atoms with van der Waals surface area (Å²) >= 11 is 0. The minimum atomic E-state index is -0.687. The third kappa shape index (κ3) is 7.83. The Hall–Kier alpha value is -5.76. The highest BCUT2D eigenvalue weighted by atomic mass is 17.2. The molecule has 2 fully saturated rings. The number of amides is 3. The van der Waals surface area contributed by atoms with E-state index in [0.717, 1.165) is 81.7 Å². The summed E-state index contributed by atoms with van der Waals surface area (Å²) < 4.78 is 4.77. The molecule has 294 valence electrons. The van der Waals surface area contributed by atoms with Crippen molar-refractivity contribution >= 4 is 46.4 Å². The molecule has 7 rings (SSSR count). The molecule has 0 saturated carbocycles. The summed E-state index contributed by atoms with van der Waals surface area (Å²) in [5, 5.41) is 2.71. The van der Waals surface area contributed by atoms with Gasteiger partial charge in [-0.15, -0.1) is 0 Å². The zero-order valence-electron chi connectivity index (χ0n) is 32.7. The lowest BCUT2D eigenvalue weighted by atomic mass is 10.00. The molecule has 2 aromatic heterocycles. The summed E-state index contributed by atoms with van der Waals surface area (Å²) in [4.78, 5) is 73.5. The number of hydrogen-bond donors (Lipinski definition) is 3. The van der Waals surface area contributed by atoms with Crippen molar-refractivity contribution in [3.63, 3.8) is 0 Å². The zero-order chi connectivity index (χ0) is 39.5. The molecule has 56 heavy (non-hydrogen) atoms. The third-order valence-electron chi connectivity index (χ3n) is 10.9. The van der Waals surface area contributed by atoms with Gasteiger partial charge in [0.2, 0.25) is 18.2 Å². The standard InChI is InChI=1S/C42H50N8O6/c1-24(2)36(43-23-56-55-6)40(51)49-19-7-9-34(49)38-44-30-17-15-28(21-32(30)46-38)26-11-13-27(14-12-26)29-16-18-31-33(22-29)47-39(45-31)35-10-8-20-50(35)41(52)37(25(3)4)48-42(53)54-5/h11-18,21-25,34-37H,7-10,19-20H2,1-6H3,(H,44,46)(H,45,47)(H,48,53)/t34-,35-,36-,37+/m0/s1. The van der Waals surface area contributed by atoms with Gasteiger partial charge in [0.25, 0.3) is 0 Å². The van der Waals surface area contributed by atoms with Gasteiger partial charge in [0, 0.05) is 13.1 Å². The van der Waals surface area contributed by atoms with Crippen LogP contribution >= 0.6 is 0 Å². The first-order valence-electron chi connectivity index (χ1n) is 19.3. The number of benzene rings is 3. The molecule has 0 radical (unpaired) electrons. The van der Waals surface area contributed by atoms with E-state index in [1.54, 1.807) is 0 Å². The van der Waals surface area contributed by atoms with Gasteiger partial charge >= 0.3 is 6.09 Å². The molecule has 0 aliphatic carbocycles. The second-order valence-corrected chi connectivity index (χ2v) is 15.2. The van der Waals surface area contributed by atoms with Crippen LogP contribution in [0, 0.1) is 11.8 Å². The molecule has 0 bridgehead atoms. The molecule has 3 amide bonds. The summed E-state index contributed by atoms with van der Waals surface area (Å²) in [5.41, 5.74) is 7.71. The number of carbonyl (C=O) groups excluding carboxylic acids is 3. The number of likely N-dealkylation sites (tertiary alicyclic amines) is 2. The fourth-order valence-corrected chi connectivity index (χ4v) is 7.92. The number of alkyl carbamates (subject to hydrolysis) is 1. The monoisotopic (exact) mass is 762 g/mol. The number of hydrogen-bond acceptors (Lipinski definition) is 9. The number of imidazole rings is 2. The summed E-state index contributed by atoms with van der Waals surface area (Å²) in [6, 6.07) is 19.2. The van der Waals surface area contributed by atoms with Crippen LogP contribution in [-0.4, -0.2) is 93.4 Å². The second kappa shape index (κ2) is 16.5. The van der Waals surface area contributed by atoms with Crippen molar-refractivity contribution in [1.29, 1.82) is 0 Å². The van der Waals surface area contributed by atoms with Gasteiger partial charge in [0.15, 0.2) is 0 Å². The number of rotatable bonds is 12. The van der Waals surface area contributed by atoms with Gasteiger partial charge in [-0.3, -0.25) is 9.59 Å². The van der Waals surface area contributed by atoms with Crippen LogP contribution in [0.15, 0.2) is 65.7 Å². The summed E-state index contributed by atoms with van der Waals surface area (Å²) in [7, 11) is 2.69. The van der Waals surface area contributed by atoms with E-state index >= 15 is 0 Å². The SMILES string of the molecule is COOC=N[C@H](C(=O)N1CCC[C@H]1c1nc2ccc(-c3ccc(-c4ccc5nc([C@@H]6CCCN6C(=O)[C@H](NC(=O)OC)C(C)C)[nH]c5c4)cc3)cc2[nH]1)C(C)C. The smallest absolute Gasteiger partial charge is 0.407 e. The number of aromatic nitrogens is 4. The van der Waals surface area contributed by atoms with E-state index in [-0.39, 0.29) is 35.7 Å². The predicted octanol–water partition coefficient (Wildman–Crippen LogP) is 7.11. The van der Waals surface area contributed by atoms with Crippen LogP contribution in [0.5, 0.6) is 0 Å². The third-order valence-corrected chi connectivity index (χ3v) is 10.9. The van der Waals surface area contributed by atoms with E-state index in [1.807, 2.05) is 49.6 Å². The second-order valence-electron chi connectivity index (χ2n) is 15.2. The lowest BCUT2D eigenvalue weighted by Gasteiger charge is -2.29. The molecule has 14 nitrogen and oxygen atoms in total. The Morgan fingerprint density at radius 2 is 1.25 bits per heavy atom. The van der Waals surface area contributed by atoms with Crippen molar-refractivity contribution in [3.8, 4) is 22.3 Å². The predicted molar refractivity (Wildman–Crippen MR) is 213 cm³/mol. The Balaban J connectivity index is 1.06. The molecule has 3 N–H and O–H groups in total. The first-order valence-corrected chi connectivity index (χ1v) is 19.3. The Morgan fingerprint density at radius 1 is 0.750 bits per heavy atom. The molecule has 14 heteroatoms. The van der Waals surface area contributed by atoms with E-state index in [0.29, 0.717) is 13.1 Å². The molecular formula is C42H50N8O6. The maximum absolute atomic E-state index is 13.6. The van der Waals surface area contributed by atoms with Crippen molar-refractivity contribution in [1.82, 2.24) is 35.1 Å². The van der Waals surface area contributed by atoms with Gasteiger partial charge in [-0.25, -0.2) is 19.8 Å². The van der Waals surface area contributed by atoms with E-state index in [9.17, 15) is 14.4 Å². The first-order chi connectivity index (χ1) is 27.1. The molecule has 0 unspecified atom stereocenters. The van der Waals surface area contributed by atoms with Crippen molar-refractivity contribution in [3.05, 3.63) is 72.3 Å². The minimum absolute atomic E-state index is 0.0132. The number of carbonyl (C=O) groups is 3. The Bertz CT molecular complexity index is 2230. The van der Waals surface area contributed by atoms with Crippen LogP contribution in [0.2, 0.25) is 0 Å². The molecule has 5 aromatic rings. The lowest BCUT2D eigenvalue weighted by molar-refractivity contribution is -0.188. The van der Waals surface area contributed by atoms with Gasteiger partial charge in [0.05, 0.1) is 48.4 Å². The maximum Gasteiger partial charge on any atom is 0.407 e. The number of fused-ring (bicyclic) bond motifs is 2. The number of nitrogens with one attached hydrogen (secondary N) is 3. The zero-order valence-corrected chi connectivity index (χ0v) is 32.7. The number of aliphatic imine (C=N–C) groups is 1. The van der Waals surface area contributed by atoms with E-state index in [1.165, 1.54) is 20.6 Å². The van der Waals surface area contributed by atoms with Crippen molar-refractivity contribution in [2.45, 2.75) is 77.5 Å². The van der Waals surface area contributed by atoms with E-state index in [4.69, 9.17) is 19.6 Å². The summed E-state index contributed by atoms with van der Waals surface area (Å²) in [6.45, 7) is 8.99. The quantitative estimate of drug-likeness (QED) is 0.0523. The van der Waals surface area contributed by atoms with Crippen LogP contribution < -0.4 is 5.32 Å². The number of aromatic amines is 2. The van der Waals surface area contributed by atoms with Crippen LogP contribution in [0.25, 0.3) is 44.3 Å². The van der Waals surface area contributed by atoms with Gasteiger partial charge in [-0.1, -0.05) is 64.1 Å². The first kappa shape index (κ1) is 38.5. The molecule has 0 spiro atoms. The molecule has 2 aliphatic rings. The molecule has 2 aliphatic heterocycles. The Kier molecular flexibility index (Phi) is 11.4. The van der Waals surface area contributed by atoms with E-state index in [2.05, 4.69) is 73.7 Å². The highest BCUT2D eigenvalue weighted by Gasteiger charge is 2.38. The molecular weight excluding hydrogens is 713 g/mol. The minimum Gasteiger partial charge on any atom is -0.453 e. The molecule has 3 aromatic carbocycles. The average molecular weight is 763 g/mol. The van der Waals surface area contributed by atoms with Crippen molar-refractivity contribution < 1.29 is 28.9 Å². The molecule has 4 heterocycles. The Labute approximate surface area is 326 Å². The van der Waals surface area contributed by atoms with Gasteiger partial charge < -0.3 is 34.7 Å². The highest BCUT2D eigenvalue weighted by molar-refractivity contribution is 5.88. The molecule has 4 atom stereocenters. The topological polar surface area (TPSA) is 167 Å². The maximum atomic E-state index is 13.6. The number of nitrogens with zero attached hydrogens (tertiary/aromatic N) is 5. The number of H-pyrrole nitrogens is 2. The van der Waals surface area contributed by atoms with Crippen molar-refractivity contribution in [2.75, 3.05) is 27.3 Å². The van der Waals surface area contributed by atoms with Crippen molar-refractivity contribution in [2.24, 2.45) is 16.8 Å². The lowest BCUT2D eigenvalue weighted by Crippen LogP contribution is -2.51. The summed E-state index contributed by atoms with van der Waals surface area (Å²) in [6.07, 6.45) is 3.91. The fraction of sp³-hybridized carbons (Fsp3) is 0.429. The average Bonchev–Trinajstić information content (AvgIpc) is 4.03. The largest absolute Gasteiger partial charge is 0.453 e. The van der Waals surface area contributed by atoms with Crippen LogP contribution in [0.4, 0.5) is 4.79 Å². The van der Waals surface area contributed by atoms with Crippen LogP contribution in [0.3, 0.4) is 0 Å². The normalized spacial score (nSPS) is 18.4. The van der Waals surface area contributed by atoms with Gasteiger partial charge in [0.1, 0.15) is 23.7 Å². The Morgan fingerprint density at radius 3 is 1.71 bits per heavy atom. The fourth-order valence-electron chi connectivity index (χ4n) is 7.92. The number of methoxy groups -OCH3 is 1. The highest BCUT2D eigenvalue weighted by Crippen LogP contribution is 2.36. The van der Waals surface area contributed by atoms with Crippen LogP contribution in [0.1, 0.15) is 77.1 Å². The molecule has 2 saturated heterocycles. The van der Waals surface area contributed by atoms with Gasteiger partial charge in [-0.2, -0.15) is 4.89 Å². The van der Waals surface area contributed by atoms with E-state index < -0.39 is 18.2 Å². The number of ether oxygens (including phenoxy) is 1. The van der Waals surface area contributed by atoms with Crippen LogP contribution in [-0.2, 0) is 24.1 Å².